The molecule has 4 nitrogen and oxygen atoms in total. The SMILES string of the molecule is CN(C)CCOc1c(F)cc(C(=O)O)cc1F. The molecule has 17 heavy (non-hydrogen) atoms. The normalized spacial score (nSPS) is 10.6. The van der Waals surface area contributed by atoms with Gasteiger partial charge in [-0.1, -0.05) is 0 Å². The number of halogens is 2. The monoisotopic (exact) mass is 245 g/mol. The van der Waals surface area contributed by atoms with E-state index in [4.69, 9.17) is 9.84 Å². The van der Waals surface area contributed by atoms with Crippen LogP contribution in [0.1, 0.15) is 10.4 Å². The smallest absolute Gasteiger partial charge is 0.335 e. The molecule has 0 aliphatic rings. The molecule has 0 unspecified atom stereocenters. The van der Waals surface area contributed by atoms with Crippen LogP contribution in [0.15, 0.2) is 12.1 Å². The topological polar surface area (TPSA) is 49.8 Å². The van der Waals surface area contributed by atoms with Crippen LogP contribution < -0.4 is 4.74 Å². The van der Waals surface area contributed by atoms with Crippen molar-refractivity contribution < 1.29 is 23.4 Å². The first kappa shape index (κ1) is 13.4. The number of carboxylic acid groups (broad SMARTS) is 1. The van der Waals surface area contributed by atoms with Gasteiger partial charge < -0.3 is 14.7 Å². The number of benzene rings is 1. The summed E-state index contributed by atoms with van der Waals surface area (Å²) in [6, 6.07) is 1.47. The van der Waals surface area contributed by atoms with Crippen molar-refractivity contribution in [2.24, 2.45) is 0 Å². The first-order chi connectivity index (χ1) is 7.91. The molecule has 0 fully saturated rings. The second-order valence-corrected chi connectivity index (χ2v) is 3.73. The van der Waals surface area contributed by atoms with Crippen molar-refractivity contribution in [2.45, 2.75) is 0 Å². The number of aromatic carboxylic acids is 1. The minimum atomic E-state index is -1.39. The average Bonchev–Trinajstić information content (AvgIpc) is 2.21. The average molecular weight is 245 g/mol. The highest BCUT2D eigenvalue weighted by molar-refractivity contribution is 5.87. The fourth-order valence-electron chi connectivity index (χ4n) is 1.15. The Labute approximate surface area is 97.4 Å². The predicted molar refractivity (Wildman–Crippen MR) is 57.4 cm³/mol. The number of carbonyl (C=O) groups is 1. The molecule has 1 rings (SSSR count). The lowest BCUT2D eigenvalue weighted by molar-refractivity contribution is 0.0695. The maximum Gasteiger partial charge on any atom is 0.335 e. The molecule has 0 saturated heterocycles. The molecule has 1 aromatic carbocycles. The van der Waals surface area contributed by atoms with Gasteiger partial charge in [-0.3, -0.25) is 0 Å². The van der Waals surface area contributed by atoms with Crippen molar-refractivity contribution in [1.29, 1.82) is 0 Å². The first-order valence-electron chi connectivity index (χ1n) is 4.91. The Morgan fingerprint density at radius 1 is 1.35 bits per heavy atom. The van der Waals surface area contributed by atoms with Crippen molar-refractivity contribution in [3.05, 3.63) is 29.3 Å². The summed E-state index contributed by atoms with van der Waals surface area (Å²) in [5, 5.41) is 8.59. The maximum atomic E-state index is 13.4. The van der Waals surface area contributed by atoms with E-state index in [1.54, 1.807) is 19.0 Å². The molecule has 0 spiro atoms. The van der Waals surface area contributed by atoms with E-state index in [1.165, 1.54) is 0 Å². The minimum Gasteiger partial charge on any atom is -0.486 e. The minimum absolute atomic E-state index is 0.118. The molecule has 6 heteroatoms. The van der Waals surface area contributed by atoms with Gasteiger partial charge in [0, 0.05) is 6.54 Å². The predicted octanol–water partition coefficient (Wildman–Crippen LogP) is 1.60. The number of carboxylic acids is 1. The van der Waals surface area contributed by atoms with Crippen LogP contribution in [0.25, 0.3) is 0 Å². The Hall–Kier alpha value is -1.69. The number of likely N-dealkylation sites (N-methyl/N-ethyl adjacent to an activating group) is 1. The van der Waals surface area contributed by atoms with Gasteiger partial charge in [-0.2, -0.15) is 0 Å². The van der Waals surface area contributed by atoms with E-state index in [0.29, 0.717) is 6.54 Å². The van der Waals surface area contributed by atoms with Crippen LogP contribution >= 0.6 is 0 Å². The zero-order valence-electron chi connectivity index (χ0n) is 9.54. The summed E-state index contributed by atoms with van der Waals surface area (Å²) < 4.78 is 31.6. The van der Waals surface area contributed by atoms with Crippen molar-refractivity contribution in [1.82, 2.24) is 4.90 Å². The molecule has 0 bridgehead atoms. The summed E-state index contributed by atoms with van der Waals surface area (Å²) in [4.78, 5) is 12.3. The Bertz CT molecular complexity index is 398. The quantitative estimate of drug-likeness (QED) is 0.856. The van der Waals surface area contributed by atoms with Gasteiger partial charge in [0.05, 0.1) is 5.56 Å². The second-order valence-electron chi connectivity index (χ2n) is 3.73. The van der Waals surface area contributed by atoms with Crippen molar-refractivity contribution in [3.8, 4) is 5.75 Å². The zero-order chi connectivity index (χ0) is 13.0. The number of hydrogen-bond donors (Lipinski definition) is 1. The first-order valence-corrected chi connectivity index (χ1v) is 4.91. The number of hydrogen-bond acceptors (Lipinski definition) is 3. The molecule has 0 aliphatic heterocycles. The van der Waals surface area contributed by atoms with Crippen LogP contribution in [-0.4, -0.2) is 43.2 Å². The van der Waals surface area contributed by atoms with Gasteiger partial charge in [-0.25, -0.2) is 13.6 Å². The molecule has 0 radical (unpaired) electrons. The highest BCUT2D eigenvalue weighted by Crippen LogP contribution is 2.23. The number of ether oxygens (including phenoxy) is 1. The third-order valence-electron chi connectivity index (χ3n) is 2.03. The zero-order valence-corrected chi connectivity index (χ0v) is 9.54. The van der Waals surface area contributed by atoms with E-state index >= 15 is 0 Å². The Kier molecular flexibility index (Phi) is 4.39. The van der Waals surface area contributed by atoms with E-state index in [0.717, 1.165) is 12.1 Å². The highest BCUT2D eigenvalue weighted by Gasteiger charge is 2.15. The lowest BCUT2D eigenvalue weighted by Crippen LogP contribution is -2.20. The number of nitrogens with zero attached hydrogens (tertiary/aromatic N) is 1. The van der Waals surface area contributed by atoms with E-state index in [9.17, 15) is 13.6 Å². The molecule has 0 amide bonds. The molecule has 94 valence electrons. The van der Waals surface area contributed by atoms with Gasteiger partial charge in [0.25, 0.3) is 0 Å². The lowest BCUT2D eigenvalue weighted by atomic mass is 10.2. The van der Waals surface area contributed by atoms with Crippen molar-refractivity contribution >= 4 is 5.97 Å². The lowest BCUT2D eigenvalue weighted by Gasteiger charge is -2.12. The Balaban J connectivity index is 2.83. The fourth-order valence-corrected chi connectivity index (χ4v) is 1.15. The van der Waals surface area contributed by atoms with Crippen LogP contribution in [0.3, 0.4) is 0 Å². The summed E-state index contributed by atoms with van der Waals surface area (Å²) in [6.45, 7) is 0.618. The molecule has 0 saturated carbocycles. The number of rotatable bonds is 5. The Morgan fingerprint density at radius 2 is 1.88 bits per heavy atom. The summed E-state index contributed by atoms with van der Waals surface area (Å²) in [5.74, 6) is -3.96. The molecular formula is C11H13F2NO3. The third kappa shape index (κ3) is 3.67. The van der Waals surface area contributed by atoms with Crippen molar-refractivity contribution in [3.63, 3.8) is 0 Å². The van der Waals surface area contributed by atoms with Crippen molar-refractivity contribution in [2.75, 3.05) is 27.2 Å². The van der Waals surface area contributed by atoms with Gasteiger partial charge in [0.2, 0.25) is 0 Å². The van der Waals surface area contributed by atoms with E-state index in [1.807, 2.05) is 0 Å². The molecule has 0 atom stereocenters. The third-order valence-corrected chi connectivity index (χ3v) is 2.03. The molecule has 0 aliphatic carbocycles. The van der Waals surface area contributed by atoms with Crippen LogP contribution in [0.5, 0.6) is 5.75 Å². The molecule has 1 N–H and O–H groups in total. The van der Waals surface area contributed by atoms with Crippen LogP contribution in [-0.2, 0) is 0 Å². The molecule has 0 heterocycles. The van der Waals surface area contributed by atoms with Gasteiger partial charge in [0.15, 0.2) is 17.4 Å². The highest BCUT2D eigenvalue weighted by atomic mass is 19.1. The Morgan fingerprint density at radius 3 is 2.29 bits per heavy atom. The fraction of sp³-hybridized carbons (Fsp3) is 0.364. The van der Waals surface area contributed by atoms with Crippen LogP contribution in [0, 0.1) is 11.6 Å². The second kappa shape index (κ2) is 5.58. The molecular weight excluding hydrogens is 232 g/mol. The van der Waals surface area contributed by atoms with Crippen LogP contribution in [0.4, 0.5) is 8.78 Å². The summed E-state index contributed by atoms with van der Waals surface area (Å²) in [6.07, 6.45) is 0. The van der Waals surface area contributed by atoms with Gasteiger partial charge >= 0.3 is 5.97 Å². The van der Waals surface area contributed by atoms with E-state index in [-0.39, 0.29) is 6.61 Å². The maximum absolute atomic E-state index is 13.4. The summed E-state index contributed by atoms with van der Waals surface area (Å²) in [7, 11) is 3.59. The molecule has 0 aromatic heterocycles. The summed E-state index contributed by atoms with van der Waals surface area (Å²) >= 11 is 0. The molecule has 1 aromatic rings. The largest absolute Gasteiger partial charge is 0.486 e. The van der Waals surface area contributed by atoms with Crippen LogP contribution in [0.2, 0.25) is 0 Å². The van der Waals surface area contributed by atoms with E-state index < -0.39 is 28.9 Å². The van der Waals surface area contributed by atoms with E-state index in [2.05, 4.69) is 0 Å². The summed E-state index contributed by atoms with van der Waals surface area (Å²) in [5.41, 5.74) is -0.444. The standard InChI is InChI=1S/C11H13F2NO3/c1-14(2)3-4-17-10-8(12)5-7(11(15)16)6-9(10)13/h5-6H,3-4H2,1-2H3,(H,15,16). The van der Waals surface area contributed by atoms with Gasteiger partial charge in [-0.05, 0) is 26.2 Å². The van der Waals surface area contributed by atoms with Gasteiger partial charge in [-0.15, -0.1) is 0 Å². The van der Waals surface area contributed by atoms with Gasteiger partial charge in [0.1, 0.15) is 6.61 Å².